The Bertz CT molecular complexity index is 65.4. The molecule has 0 aromatic heterocycles. The molecular formula is C2Cl5O. The fourth-order valence-electron chi connectivity index (χ4n) is 0. The number of hydrogen-bond donors (Lipinski definition) is 0. The second-order valence-electron chi connectivity index (χ2n) is 1.01. The molecule has 0 rings (SSSR count). The predicted octanol–water partition coefficient (Wildman–Crippen LogP) is 2.92. The Labute approximate surface area is 71.4 Å². The Kier molecular flexibility index (Phi) is 3.02. The van der Waals surface area contributed by atoms with Gasteiger partial charge in [-0.25, -0.2) is 0 Å². The first-order chi connectivity index (χ1) is 3.25. The van der Waals surface area contributed by atoms with E-state index in [-0.39, 0.29) is 0 Å². The molecule has 0 saturated heterocycles. The highest BCUT2D eigenvalue weighted by Crippen LogP contribution is 2.43. The third kappa shape index (κ3) is 2.81. The van der Waals surface area contributed by atoms with Crippen molar-refractivity contribution in [2.45, 2.75) is 8.31 Å². The standard InChI is InChI=1S/C2Cl5O/c3-1(4,5)2(6,7)8. The average molecular weight is 217 g/mol. The lowest BCUT2D eigenvalue weighted by atomic mass is 10.8. The molecule has 1 nitrogen and oxygen atoms in total. The van der Waals surface area contributed by atoms with Crippen LogP contribution in [0.5, 0.6) is 0 Å². The summed E-state index contributed by atoms with van der Waals surface area (Å²) < 4.78 is -4.74. The molecule has 1 radical (unpaired) electrons. The second-order valence-corrected chi connectivity index (χ2v) is 4.55. The zero-order chi connectivity index (χ0) is 7.00. The minimum atomic E-state index is -2.57. The smallest absolute Gasteiger partial charge is 0.189 e. The summed E-state index contributed by atoms with van der Waals surface area (Å²) in [7, 11) is 0. The van der Waals surface area contributed by atoms with Crippen LogP contribution in [-0.2, 0) is 5.11 Å². The van der Waals surface area contributed by atoms with Crippen molar-refractivity contribution in [2.75, 3.05) is 0 Å². The highest BCUT2D eigenvalue weighted by atomic mass is 35.6. The van der Waals surface area contributed by atoms with Gasteiger partial charge in [0.2, 0.25) is 0 Å². The van der Waals surface area contributed by atoms with Crippen LogP contribution in [0.1, 0.15) is 0 Å². The molecule has 0 amide bonds. The van der Waals surface area contributed by atoms with Gasteiger partial charge in [-0.1, -0.05) is 58.0 Å². The maximum atomic E-state index is 10.3. The summed E-state index contributed by atoms with van der Waals surface area (Å²) in [6, 6.07) is 0. The van der Waals surface area contributed by atoms with Crippen LogP contribution in [0.3, 0.4) is 0 Å². The van der Waals surface area contributed by atoms with Crippen LogP contribution in [-0.4, -0.2) is 8.31 Å². The topological polar surface area (TPSA) is 19.9 Å². The van der Waals surface area contributed by atoms with E-state index in [1.54, 1.807) is 0 Å². The van der Waals surface area contributed by atoms with E-state index in [2.05, 4.69) is 0 Å². The van der Waals surface area contributed by atoms with Crippen molar-refractivity contribution in [1.82, 2.24) is 0 Å². The van der Waals surface area contributed by atoms with Crippen LogP contribution in [0.2, 0.25) is 0 Å². The van der Waals surface area contributed by atoms with Gasteiger partial charge in [-0.3, -0.25) is 0 Å². The first-order valence-electron chi connectivity index (χ1n) is 1.40. The van der Waals surface area contributed by atoms with Crippen LogP contribution >= 0.6 is 58.0 Å². The van der Waals surface area contributed by atoms with E-state index in [0.29, 0.717) is 0 Å². The Hall–Kier alpha value is 1.41. The Morgan fingerprint density at radius 3 is 1.00 bits per heavy atom. The Morgan fingerprint density at radius 2 is 1.00 bits per heavy atom. The molecule has 49 valence electrons. The zero-order valence-electron chi connectivity index (χ0n) is 3.30. The van der Waals surface area contributed by atoms with Crippen molar-refractivity contribution < 1.29 is 5.11 Å². The fraction of sp³-hybridized carbons (Fsp3) is 1.00. The van der Waals surface area contributed by atoms with Gasteiger partial charge < -0.3 is 0 Å². The maximum absolute atomic E-state index is 10.3. The van der Waals surface area contributed by atoms with Crippen molar-refractivity contribution in [3.8, 4) is 0 Å². The molecule has 0 unspecified atom stereocenters. The van der Waals surface area contributed by atoms with Crippen molar-refractivity contribution in [3.05, 3.63) is 0 Å². The third-order valence-corrected chi connectivity index (χ3v) is 2.28. The molecule has 0 saturated carbocycles. The highest BCUT2D eigenvalue weighted by Gasteiger charge is 2.46. The van der Waals surface area contributed by atoms with E-state index in [4.69, 9.17) is 58.0 Å². The fourth-order valence-corrected chi connectivity index (χ4v) is 0. The molecule has 0 aliphatic heterocycles. The van der Waals surface area contributed by atoms with Crippen molar-refractivity contribution in [3.63, 3.8) is 0 Å². The summed E-state index contributed by atoms with van der Waals surface area (Å²) >= 11 is 24.5. The van der Waals surface area contributed by atoms with Crippen LogP contribution in [0.15, 0.2) is 0 Å². The van der Waals surface area contributed by atoms with E-state index in [0.717, 1.165) is 0 Å². The summed E-state index contributed by atoms with van der Waals surface area (Å²) in [5, 5.41) is 10.3. The third-order valence-electron chi connectivity index (χ3n) is 0.330. The number of hydrogen-bond acceptors (Lipinski definition) is 0. The molecule has 0 heterocycles. The van der Waals surface area contributed by atoms with Crippen LogP contribution in [0.25, 0.3) is 0 Å². The van der Waals surface area contributed by atoms with Gasteiger partial charge in [-0.2, -0.15) is 5.11 Å². The average Bonchev–Trinajstić information content (AvgIpc) is 1.25. The second kappa shape index (κ2) is 2.57. The molecular weight excluding hydrogens is 217 g/mol. The monoisotopic (exact) mass is 215 g/mol. The SMILES string of the molecule is [O]C(Cl)(Cl)C(Cl)(Cl)Cl. The molecule has 0 spiro atoms. The first-order valence-corrected chi connectivity index (χ1v) is 3.29. The predicted molar refractivity (Wildman–Crippen MR) is 35.4 cm³/mol. The molecule has 0 aromatic rings. The largest absolute Gasteiger partial charge is 0.297 e. The molecule has 6 heteroatoms. The molecule has 0 atom stereocenters. The van der Waals surface area contributed by atoms with Crippen LogP contribution in [0, 0.1) is 0 Å². The van der Waals surface area contributed by atoms with Gasteiger partial charge in [0.15, 0.2) is 0 Å². The number of alkyl halides is 5. The van der Waals surface area contributed by atoms with Crippen molar-refractivity contribution in [1.29, 1.82) is 0 Å². The summed E-state index contributed by atoms with van der Waals surface area (Å²) in [5.41, 5.74) is 0. The molecule has 0 aliphatic carbocycles. The normalized spacial score (nSPS) is 14.2. The van der Waals surface area contributed by atoms with Crippen LogP contribution < -0.4 is 0 Å². The zero-order valence-corrected chi connectivity index (χ0v) is 7.08. The lowest BCUT2D eigenvalue weighted by Crippen LogP contribution is -2.28. The molecule has 0 N–H and O–H groups in total. The van der Waals surface area contributed by atoms with E-state index in [1.165, 1.54) is 0 Å². The quantitative estimate of drug-likeness (QED) is 0.556. The van der Waals surface area contributed by atoms with Gasteiger partial charge in [0, 0.05) is 0 Å². The Morgan fingerprint density at radius 1 is 0.875 bits per heavy atom. The minimum absolute atomic E-state index is 2.17. The Balaban J connectivity index is 4.02. The van der Waals surface area contributed by atoms with Gasteiger partial charge in [-0.05, 0) is 0 Å². The van der Waals surface area contributed by atoms with Gasteiger partial charge >= 0.3 is 0 Å². The summed E-state index contributed by atoms with van der Waals surface area (Å²) in [5.74, 6) is 0. The summed E-state index contributed by atoms with van der Waals surface area (Å²) in [6.07, 6.45) is 0. The number of halogens is 5. The maximum Gasteiger partial charge on any atom is 0.297 e. The molecule has 0 aromatic carbocycles. The summed E-state index contributed by atoms with van der Waals surface area (Å²) in [6.45, 7) is 0. The number of rotatable bonds is 0. The lowest BCUT2D eigenvalue weighted by Gasteiger charge is -2.17. The van der Waals surface area contributed by atoms with Gasteiger partial charge in [0.1, 0.15) is 0 Å². The molecule has 0 bridgehead atoms. The van der Waals surface area contributed by atoms with Crippen LogP contribution in [0.4, 0.5) is 0 Å². The van der Waals surface area contributed by atoms with Crippen molar-refractivity contribution in [2.24, 2.45) is 0 Å². The first kappa shape index (κ1) is 9.41. The van der Waals surface area contributed by atoms with E-state index < -0.39 is 8.31 Å². The minimum Gasteiger partial charge on any atom is -0.189 e. The van der Waals surface area contributed by atoms with Gasteiger partial charge in [0.05, 0.1) is 0 Å². The lowest BCUT2D eigenvalue weighted by molar-refractivity contribution is 0.125. The van der Waals surface area contributed by atoms with Crippen molar-refractivity contribution >= 4 is 58.0 Å². The van der Waals surface area contributed by atoms with E-state index in [9.17, 15) is 5.11 Å². The van der Waals surface area contributed by atoms with Gasteiger partial charge in [-0.15, -0.1) is 0 Å². The van der Waals surface area contributed by atoms with E-state index in [1.807, 2.05) is 0 Å². The highest BCUT2D eigenvalue weighted by molar-refractivity contribution is 6.74. The summed E-state index contributed by atoms with van der Waals surface area (Å²) in [4.78, 5) is 0. The molecule has 8 heavy (non-hydrogen) atoms. The molecule has 0 aliphatic rings. The van der Waals surface area contributed by atoms with E-state index >= 15 is 0 Å². The van der Waals surface area contributed by atoms with Gasteiger partial charge in [0.25, 0.3) is 8.31 Å². The molecule has 0 fully saturated rings.